The zero-order valence-electron chi connectivity index (χ0n) is 14.7. The first-order valence-electron chi connectivity index (χ1n) is 8.93. The molecule has 0 atom stereocenters. The molecule has 26 heavy (non-hydrogen) atoms. The van der Waals surface area contributed by atoms with Crippen molar-refractivity contribution in [2.24, 2.45) is 0 Å². The highest BCUT2D eigenvalue weighted by molar-refractivity contribution is 5.71. The summed E-state index contributed by atoms with van der Waals surface area (Å²) in [5, 5.41) is 0. The molecule has 3 aromatic rings. The van der Waals surface area contributed by atoms with Gasteiger partial charge >= 0.3 is 0 Å². The second-order valence-electron chi connectivity index (χ2n) is 6.48. The number of benzene rings is 3. The molecule has 3 heteroatoms. The molecular formula is C23H21F3. The van der Waals surface area contributed by atoms with Crippen LogP contribution in [0, 0.1) is 17.5 Å². The van der Waals surface area contributed by atoms with Crippen molar-refractivity contribution in [2.75, 3.05) is 0 Å². The SMILES string of the molecule is CCCCCc1ccc(-c2cc(F)c(-c3ccc(F)cc3)c(F)c2)cc1. The number of hydrogen-bond acceptors (Lipinski definition) is 0. The highest BCUT2D eigenvalue weighted by Crippen LogP contribution is 2.31. The van der Waals surface area contributed by atoms with Gasteiger partial charge in [0.15, 0.2) is 0 Å². The summed E-state index contributed by atoms with van der Waals surface area (Å²) in [5.41, 5.74) is 2.67. The van der Waals surface area contributed by atoms with E-state index in [4.69, 9.17) is 0 Å². The summed E-state index contributed by atoms with van der Waals surface area (Å²) in [6.45, 7) is 2.17. The highest BCUT2D eigenvalue weighted by Gasteiger charge is 2.14. The Labute approximate surface area is 152 Å². The smallest absolute Gasteiger partial charge is 0.134 e. The Morgan fingerprint density at radius 2 is 1.23 bits per heavy atom. The Kier molecular flexibility index (Phi) is 5.77. The summed E-state index contributed by atoms with van der Waals surface area (Å²) in [5.74, 6) is -1.75. The van der Waals surface area contributed by atoms with E-state index in [0.29, 0.717) is 11.1 Å². The lowest BCUT2D eigenvalue weighted by molar-refractivity contribution is 0.590. The maximum Gasteiger partial charge on any atom is 0.134 e. The summed E-state index contributed by atoms with van der Waals surface area (Å²) in [7, 11) is 0. The van der Waals surface area contributed by atoms with Gasteiger partial charge in [0.2, 0.25) is 0 Å². The molecule has 0 aliphatic rings. The minimum Gasteiger partial charge on any atom is -0.207 e. The maximum atomic E-state index is 14.5. The van der Waals surface area contributed by atoms with E-state index in [1.807, 2.05) is 24.3 Å². The average Bonchev–Trinajstić information content (AvgIpc) is 2.63. The third kappa shape index (κ3) is 4.16. The Bertz CT molecular complexity index is 842. The zero-order valence-corrected chi connectivity index (χ0v) is 14.7. The van der Waals surface area contributed by atoms with E-state index in [1.165, 1.54) is 54.8 Å². The quantitative estimate of drug-likeness (QED) is 0.412. The van der Waals surface area contributed by atoms with Crippen LogP contribution in [0.25, 0.3) is 22.3 Å². The Morgan fingerprint density at radius 1 is 0.654 bits per heavy atom. The summed E-state index contributed by atoms with van der Waals surface area (Å²) in [6.07, 6.45) is 4.53. The van der Waals surface area contributed by atoms with Crippen LogP contribution in [0.4, 0.5) is 13.2 Å². The largest absolute Gasteiger partial charge is 0.207 e. The molecular weight excluding hydrogens is 333 g/mol. The van der Waals surface area contributed by atoms with Crippen LogP contribution in [0.5, 0.6) is 0 Å². The lowest BCUT2D eigenvalue weighted by atomic mass is 9.97. The molecule has 0 spiro atoms. The van der Waals surface area contributed by atoms with Gasteiger partial charge in [0.1, 0.15) is 17.5 Å². The number of rotatable bonds is 6. The molecule has 0 heterocycles. The predicted molar refractivity (Wildman–Crippen MR) is 100 cm³/mol. The third-order valence-electron chi connectivity index (χ3n) is 4.53. The van der Waals surface area contributed by atoms with Crippen LogP contribution < -0.4 is 0 Å². The van der Waals surface area contributed by atoms with Crippen molar-refractivity contribution in [3.8, 4) is 22.3 Å². The van der Waals surface area contributed by atoms with Crippen molar-refractivity contribution < 1.29 is 13.2 Å². The van der Waals surface area contributed by atoms with Crippen LogP contribution in [-0.4, -0.2) is 0 Å². The molecule has 3 aromatic carbocycles. The Hall–Kier alpha value is -2.55. The summed E-state index contributed by atoms with van der Waals surface area (Å²) >= 11 is 0. The van der Waals surface area contributed by atoms with Crippen LogP contribution in [0.2, 0.25) is 0 Å². The van der Waals surface area contributed by atoms with Gasteiger partial charge in [0.05, 0.1) is 5.56 Å². The molecule has 0 aliphatic heterocycles. The van der Waals surface area contributed by atoms with E-state index in [-0.39, 0.29) is 5.56 Å². The average molecular weight is 354 g/mol. The van der Waals surface area contributed by atoms with E-state index < -0.39 is 17.5 Å². The summed E-state index contributed by atoms with van der Waals surface area (Å²) < 4.78 is 42.1. The normalized spacial score (nSPS) is 10.9. The van der Waals surface area contributed by atoms with Crippen molar-refractivity contribution >= 4 is 0 Å². The van der Waals surface area contributed by atoms with Gasteiger partial charge in [0, 0.05) is 0 Å². The molecule has 0 amide bonds. The second-order valence-corrected chi connectivity index (χ2v) is 6.48. The molecule has 134 valence electrons. The molecule has 0 bridgehead atoms. The van der Waals surface area contributed by atoms with Crippen LogP contribution >= 0.6 is 0 Å². The van der Waals surface area contributed by atoms with Crippen molar-refractivity contribution in [2.45, 2.75) is 32.6 Å². The number of hydrogen-bond donors (Lipinski definition) is 0. The number of unbranched alkanes of at least 4 members (excludes halogenated alkanes) is 2. The summed E-state index contributed by atoms with van der Waals surface area (Å²) in [6, 6.07) is 15.6. The first-order chi connectivity index (χ1) is 12.6. The first kappa shape index (κ1) is 18.2. The lowest BCUT2D eigenvalue weighted by Crippen LogP contribution is -1.93. The minimum atomic E-state index is -0.654. The van der Waals surface area contributed by atoms with Crippen molar-refractivity contribution in [3.63, 3.8) is 0 Å². The zero-order chi connectivity index (χ0) is 18.5. The molecule has 0 nitrogen and oxygen atoms in total. The van der Waals surface area contributed by atoms with Gasteiger partial charge in [-0.25, -0.2) is 13.2 Å². The van der Waals surface area contributed by atoms with Crippen LogP contribution in [0.15, 0.2) is 60.7 Å². The van der Waals surface area contributed by atoms with Gasteiger partial charge in [-0.15, -0.1) is 0 Å². The Morgan fingerprint density at radius 3 is 1.81 bits per heavy atom. The van der Waals surface area contributed by atoms with E-state index >= 15 is 0 Å². The minimum absolute atomic E-state index is 0.134. The first-order valence-corrected chi connectivity index (χ1v) is 8.93. The fourth-order valence-corrected chi connectivity index (χ4v) is 3.08. The van der Waals surface area contributed by atoms with Gasteiger partial charge in [-0.2, -0.15) is 0 Å². The van der Waals surface area contributed by atoms with Crippen molar-refractivity contribution in [1.29, 1.82) is 0 Å². The molecule has 0 aliphatic carbocycles. The van der Waals surface area contributed by atoms with Gasteiger partial charge in [-0.3, -0.25) is 0 Å². The Balaban J connectivity index is 1.86. The van der Waals surface area contributed by atoms with Gasteiger partial charge in [0.25, 0.3) is 0 Å². The third-order valence-corrected chi connectivity index (χ3v) is 4.53. The van der Waals surface area contributed by atoms with Gasteiger partial charge in [-0.1, -0.05) is 56.2 Å². The monoisotopic (exact) mass is 354 g/mol. The van der Waals surface area contributed by atoms with E-state index in [0.717, 1.165) is 18.4 Å². The predicted octanol–water partition coefficient (Wildman–Crippen LogP) is 7.17. The lowest BCUT2D eigenvalue weighted by Gasteiger charge is -2.10. The van der Waals surface area contributed by atoms with Crippen molar-refractivity contribution in [1.82, 2.24) is 0 Å². The topological polar surface area (TPSA) is 0 Å². The molecule has 0 unspecified atom stereocenters. The van der Waals surface area contributed by atoms with E-state index in [9.17, 15) is 13.2 Å². The highest BCUT2D eigenvalue weighted by atomic mass is 19.1. The molecule has 0 saturated heterocycles. The molecule has 0 saturated carbocycles. The van der Waals surface area contributed by atoms with Crippen LogP contribution in [0.3, 0.4) is 0 Å². The fraction of sp³-hybridized carbons (Fsp3) is 0.217. The molecule has 3 rings (SSSR count). The standard InChI is InChI=1S/C23H21F3/c1-2-3-4-5-16-6-8-17(9-7-16)19-14-21(25)23(22(26)15-19)18-10-12-20(24)13-11-18/h6-15H,2-5H2,1H3. The number of halogens is 3. The molecule has 0 fully saturated rings. The van der Waals surface area contributed by atoms with Gasteiger partial charge < -0.3 is 0 Å². The van der Waals surface area contributed by atoms with Crippen LogP contribution in [0.1, 0.15) is 31.7 Å². The fourth-order valence-electron chi connectivity index (χ4n) is 3.08. The molecule has 0 radical (unpaired) electrons. The van der Waals surface area contributed by atoms with Crippen LogP contribution in [-0.2, 0) is 6.42 Å². The molecule has 0 aromatic heterocycles. The summed E-state index contributed by atoms with van der Waals surface area (Å²) in [4.78, 5) is 0. The second kappa shape index (κ2) is 8.22. The molecule has 0 N–H and O–H groups in total. The van der Waals surface area contributed by atoms with Crippen molar-refractivity contribution in [3.05, 3.63) is 83.7 Å². The maximum absolute atomic E-state index is 14.5. The van der Waals surface area contributed by atoms with Gasteiger partial charge in [-0.05, 0) is 59.4 Å². The van der Waals surface area contributed by atoms with E-state index in [1.54, 1.807) is 0 Å². The van der Waals surface area contributed by atoms with E-state index in [2.05, 4.69) is 6.92 Å². The number of aryl methyl sites for hydroxylation is 1.